The fourth-order valence-corrected chi connectivity index (χ4v) is 2.91. The van der Waals surface area contributed by atoms with E-state index in [1.807, 2.05) is 13.1 Å². The van der Waals surface area contributed by atoms with Crippen molar-refractivity contribution in [1.29, 1.82) is 0 Å². The number of aromatic amines is 1. The van der Waals surface area contributed by atoms with Crippen LogP contribution < -0.4 is 5.32 Å². The van der Waals surface area contributed by atoms with E-state index in [2.05, 4.69) is 22.2 Å². The van der Waals surface area contributed by atoms with E-state index in [1.54, 1.807) is 0 Å². The summed E-state index contributed by atoms with van der Waals surface area (Å²) in [5, 5.41) is 3.51. The highest BCUT2D eigenvalue weighted by Crippen LogP contribution is 2.30. The third-order valence-corrected chi connectivity index (χ3v) is 3.85. The maximum absolute atomic E-state index is 4.20. The second kappa shape index (κ2) is 6.20. The van der Waals surface area contributed by atoms with Crippen LogP contribution >= 0.6 is 0 Å². The Hall–Kier alpha value is -0.830. The Labute approximate surface area is 104 Å². The Morgan fingerprint density at radius 3 is 3.06 bits per heavy atom. The summed E-state index contributed by atoms with van der Waals surface area (Å²) in [6, 6.07) is 0. The maximum atomic E-state index is 4.20. The van der Waals surface area contributed by atoms with Gasteiger partial charge in [0.05, 0.1) is 0 Å². The molecule has 0 spiro atoms. The zero-order valence-electron chi connectivity index (χ0n) is 11.1. The SMILES string of the molecule is Cc1ncc(CNCCC2CCCC(C)C2)[nH]1. The standard InChI is InChI=1S/C14H25N3/c1-11-4-3-5-13(8-11)6-7-15-9-14-10-16-12(2)17-14/h10-11,13,15H,3-9H2,1-2H3,(H,16,17). The molecule has 0 amide bonds. The highest BCUT2D eigenvalue weighted by Gasteiger charge is 2.17. The van der Waals surface area contributed by atoms with Gasteiger partial charge in [-0.05, 0) is 38.1 Å². The lowest BCUT2D eigenvalue weighted by Gasteiger charge is -2.26. The summed E-state index contributed by atoms with van der Waals surface area (Å²) in [5.41, 5.74) is 1.19. The molecule has 1 aromatic rings. The predicted octanol–water partition coefficient (Wildman–Crippen LogP) is 3.02. The van der Waals surface area contributed by atoms with Crippen LogP contribution in [0.5, 0.6) is 0 Å². The molecule has 1 aromatic heterocycles. The molecule has 2 unspecified atom stereocenters. The zero-order chi connectivity index (χ0) is 12.1. The third kappa shape index (κ3) is 4.15. The largest absolute Gasteiger partial charge is 0.345 e. The van der Waals surface area contributed by atoms with Crippen LogP contribution in [0, 0.1) is 18.8 Å². The van der Waals surface area contributed by atoms with E-state index in [9.17, 15) is 0 Å². The normalized spacial score (nSPS) is 25.1. The van der Waals surface area contributed by atoms with Crippen LogP contribution in [0.4, 0.5) is 0 Å². The van der Waals surface area contributed by atoms with Crippen LogP contribution in [0.3, 0.4) is 0 Å². The van der Waals surface area contributed by atoms with Gasteiger partial charge >= 0.3 is 0 Å². The van der Waals surface area contributed by atoms with Gasteiger partial charge in [-0.2, -0.15) is 0 Å². The molecule has 1 fully saturated rings. The highest BCUT2D eigenvalue weighted by atomic mass is 15.0. The molecule has 1 aliphatic carbocycles. The minimum absolute atomic E-state index is 0.920. The number of H-pyrrole nitrogens is 1. The first-order valence-electron chi connectivity index (χ1n) is 6.95. The summed E-state index contributed by atoms with van der Waals surface area (Å²) < 4.78 is 0. The molecule has 1 heterocycles. The number of nitrogens with zero attached hydrogens (tertiary/aromatic N) is 1. The minimum Gasteiger partial charge on any atom is -0.345 e. The molecule has 2 rings (SSSR count). The average molecular weight is 235 g/mol. The maximum Gasteiger partial charge on any atom is 0.103 e. The molecule has 0 saturated heterocycles. The molecule has 1 saturated carbocycles. The Morgan fingerprint density at radius 1 is 1.47 bits per heavy atom. The molecule has 3 nitrogen and oxygen atoms in total. The lowest BCUT2D eigenvalue weighted by molar-refractivity contribution is 0.267. The average Bonchev–Trinajstić information content (AvgIpc) is 2.71. The molecule has 2 atom stereocenters. The number of hydrogen-bond acceptors (Lipinski definition) is 2. The Balaban J connectivity index is 1.59. The number of nitrogens with one attached hydrogen (secondary N) is 2. The van der Waals surface area contributed by atoms with E-state index >= 15 is 0 Å². The number of rotatable bonds is 5. The van der Waals surface area contributed by atoms with Gasteiger partial charge in [0.15, 0.2) is 0 Å². The number of imidazole rings is 1. The molecular weight excluding hydrogens is 210 g/mol. The van der Waals surface area contributed by atoms with Crippen molar-refractivity contribution in [2.24, 2.45) is 11.8 Å². The van der Waals surface area contributed by atoms with Crippen LogP contribution in [0.1, 0.15) is 50.5 Å². The van der Waals surface area contributed by atoms with Crippen molar-refractivity contribution in [2.75, 3.05) is 6.54 Å². The van der Waals surface area contributed by atoms with Crippen LogP contribution in [-0.4, -0.2) is 16.5 Å². The van der Waals surface area contributed by atoms with E-state index in [0.29, 0.717) is 0 Å². The molecular formula is C14H25N3. The summed E-state index contributed by atoms with van der Waals surface area (Å²) >= 11 is 0. The zero-order valence-corrected chi connectivity index (χ0v) is 11.1. The summed E-state index contributed by atoms with van der Waals surface area (Å²) in [6.45, 7) is 6.44. The van der Waals surface area contributed by atoms with Crippen molar-refractivity contribution < 1.29 is 0 Å². The van der Waals surface area contributed by atoms with Crippen LogP contribution in [0.2, 0.25) is 0 Å². The molecule has 2 N–H and O–H groups in total. The van der Waals surface area contributed by atoms with E-state index in [1.165, 1.54) is 37.8 Å². The summed E-state index contributed by atoms with van der Waals surface area (Å²) in [6.07, 6.45) is 9.01. The van der Waals surface area contributed by atoms with Crippen molar-refractivity contribution >= 4 is 0 Å². The fourth-order valence-electron chi connectivity index (χ4n) is 2.91. The number of hydrogen-bond donors (Lipinski definition) is 2. The first-order valence-corrected chi connectivity index (χ1v) is 6.95. The Kier molecular flexibility index (Phi) is 4.60. The van der Waals surface area contributed by atoms with Crippen molar-refractivity contribution in [3.05, 3.63) is 17.7 Å². The molecule has 1 aliphatic rings. The van der Waals surface area contributed by atoms with E-state index in [4.69, 9.17) is 0 Å². The molecule has 17 heavy (non-hydrogen) atoms. The molecule has 0 radical (unpaired) electrons. The first-order chi connectivity index (χ1) is 8.24. The van der Waals surface area contributed by atoms with Crippen LogP contribution in [-0.2, 0) is 6.54 Å². The van der Waals surface area contributed by atoms with Gasteiger partial charge in [0.25, 0.3) is 0 Å². The Morgan fingerprint density at radius 2 is 2.35 bits per heavy atom. The molecule has 0 aromatic carbocycles. The summed E-state index contributed by atoms with van der Waals surface area (Å²) in [5.74, 6) is 2.90. The Bertz CT molecular complexity index is 332. The van der Waals surface area contributed by atoms with Crippen LogP contribution in [0.25, 0.3) is 0 Å². The molecule has 0 bridgehead atoms. The van der Waals surface area contributed by atoms with Gasteiger partial charge in [0.2, 0.25) is 0 Å². The van der Waals surface area contributed by atoms with Crippen molar-refractivity contribution in [3.8, 4) is 0 Å². The van der Waals surface area contributed by atoms with E-state index in [0.717, 1.165) is 30.7 Å². The summed E-state index contributed by atoms with van der Waals surface area (Å²) in [4.78, 5) is 7.45. The third-order valence-electron chi connectivity index (χ3n) is 3.85. The van der Waals surface area contributed by atoms with E-state index in [-0.39, 0.29) is 0 Å². The van der Waals surface area contributed by atoms with Crippen LogP contribution in [0.15, 0.2) is 6.20 Å². The summed E-state index contributed by atoms with van der Waals surface area (Å²) in [7, 11) is 0. The van der Waals surface area contributed by atoms with Gasteiger partial charge < -0.3 is 10.3 Å². The molecule has 0 aliphatic heterocycles. The van der Waals surface area contributed by atoms with Gasteiger partial charge in [-0.25, -0.2) is 4.98 Å². The topological polar surface area (TPSA) is 40.7 Å². The van der Waals surface area contributed by atoms with Gasteiger partial charge in [-0.15, -0.1) is 0 Å². The minimum atomic E-state index is 0.920. The van der Waals surface area contributed by atoms with Gasteiger partial charge in [0, 0.05) is 18.4 Å². The van der Waals surface area contributed by atoms with Crippen molar-refractivity contribution in [3.63, 3.8) is 0 Å². The first kappa shape index (κ1) is 12.6. The van der Waals surface area contributed by atoms with Crippen molar-refractivity contribution in [2.45, 2.75) is 52.5 Å². The second-order valence-electron chi connectivity index (χ2n) is 5.60. The lowest BCUT2D eigenvalue weighted by Crippen LogP contribution is -2.21. The van der Waals surface area contributed by atoms with Gasteiger partial charge in [-0.1, -0.05) is 26.2 Å². The highest BCUT2D eigenvalue weighted by molar-refractivity contribution is 4.99. The van der Waals surface area contributed by atoms with Crippen molar-refractivity contribution in [1.82, 2.24) is 15.3 Å². The smallest absolute Gasteiger partial charge is 0.103 e. The monoisotopic (exact) mass is 235 g/mol. The predicted molar refractivity (Wildman–Crippen MR) is 70.8 cm³/mol. The second-order valence-corrected chi connectivity index (χ2v) is 5.60. The quantitative estimate of drug-likeness (QED) is 0.770. The number of aromatic nitrogens is 2. The molecule has 96 valence electrons. The number of aryl methyl sites for hydroxylation is 1. The van der Waals surface area contributed by atoms with E-state index < -0.39 is 0 Å². The molecule has 3 heteroatoms. The lowest BCUT2D eigenvalue weighted by atomic mass is 9.81. The fraction of sp³-hybridized carbons (Fsp3) is 0.786. The van der Waals surface area contributed by atoms with Gasteiger partial charge in [-0.3, -0.25) is 0 Å². The van der Waals surface area contributed by atoms with Gasteiger partial charge in [0.1, 0.15) is 5.82 Å².